The Morgan fingerprint density at radius 3 is 2.88 bits per heavy atom. The molecule has 1 aromatic rings. The summed E-state index contributed by atoms with van der Waals surface area (Å²) in [6.45, 7) is 6.38. The van der Waals surface area contributed by atoms with Crippen molar-refractivity contribution in [3.63, 3.8) is 0 Å². The normalized spacial score (nSPS) is 16.5. The first-order valence-electron chi connectivity index (χ1n) is 9.52. The van der Waals surface area contributed by atoms with E-state index in [0.717, 1.165) is 43.9 Å². The summed E-state index contributed by atoms with van der Waals surface area (Å²) in [4.78, 5) is 14.3. The third-order valence-corrected chi connectivity index (χ3v) is 4.85. The van der Waals surface area contributed by atoms with Gasteiger partial charge in [-0.05, 0) is 44.6 Å². The van der Waals surface area contributed by atoms with Gasteiger partial charge >= 0.3 is 0 Å². The predicted octanol–water partition coefficient (Wildman–Crippen LogP) is 1.65. The number of hydrogen-bond donors (Lipinski definition) is 2. The fourth-order valence-electron chi connectivity index (χ4n) is 3.12. The highest BCUT2D eigenvalue weighted by molar-refractivity contribution is 5.78. The minimum atomic E-state index is -0.0415. The Balaban J connectivity index is 1.73. The molecule has 2 N–H and O–H groups in total. The molecule has 0 saturated carbocycles. The van der Waals surface area contributed by atoms with Crippen LogP contribution in [0.3, 0.4) is 0 Å². The van der Waals surface area contributed by atoms with Gasteiger partial charge in [-0.25, -0.2) is 0 Å². The van der Waals surface area contributed by atoms with Crippen molar-refractivity contribution in [1.29, 1.82) is 0 Å². The van der Waals surface area contributed by atoms with Gasteiger partial charge in [0.25, 0.3) is 0 Å². The molecule has 0 aromatic heterocycles. The highest BCUT2D eigenvalue weighted by atomic mass is 16.5. The Morgan fingerprint density at radius 2 is 2.15 bits per heavy atom. The van der Waals surface area contributed by atoms with Crippen molar-refractivity contribution >= 4 is 5.91 Å². The van der Waals surface area contributed by atoms with Crippen LogP contribution < -0.4 is 15.4 Å². The number of benzene rings is 1. The van der Waals surface area contributed by atoms with Gasteiger partial charge in [0.15, 0.2) is 0 Å². The van der Waals surface area contributed by atoms with E-state index >= 15 is 0 Å². The molecule has 1 saturated heterocycles. The van der Waals surface area contributed by atoms with Gasteiger partial charge in [-0.1, -0.05) is 19.1 Å². The number of nitrogens with one attached hydrogen (secondary N) is 2. The van der Waals surface area contributed by atoms with Crippen LogP contribution in [0.2, 0.25) is 0 Å². The highest BCUT2D eigenvalue weighted by Gasteiger charge is 2.18. The fourth-order valence-corrected chi connectivity index (χ4v) is 3.12. The topological polar surface area (TPSA) is 62.8 Å². The van der Waals surface area contributed by atoms with Gasteiger partial charge in [0.2, 0.25) is 5.91 Å². The number of amides is 1. The number of nitrogens with zero attached hydrogens (tertiary/aromatic N) is 1. The largest absolute Gasteiger partial charge is 0.492 e. The van der Waals surface area contributed by atoms with Crippen molar-refractivity contribution in [2.45, 2.75) is 32.4 Å². The molecule has 1 aromatic carbocycles. The lowest BCUT2D eigenvalue weighted by molar-refractivity contribution is -0.124. The summed E-state index contributed by atoms with van der Waals surface area (Å²) < 4.78 is 11.3. The van der Waals surface area contributed by atoms with E-state index in [1.807, 2.05) is 38.2 Å². The van der Waals surface area contributed by atoms with Crippen molar-refractivity contribution in [2.24, 2.45) is 5.92 Å². The fraction of sp³-hybridized carbons (Fsp3) is 0.650. The molecule has 0 aliphatic carbocycles. The van der Waals surface area contributed by atoms with Crippen LogP contribution in [0, 0.1) is 5.92 Å². The summed E-state index contributed by atoms with van der Waals surface area (Å²) in [7, 11) is 4.00. The SMILES string of the molecule is CNCC(C)C(=O)NCc1cccc(OCCN(C)C2CCOCC2)c1. The number of hydrogen-bond acceptors (Lipinski definition) is 5. The molecule has 1 aliphatic rings. The van der Waals surface area contributed by atoms with Gasteiger partial charge in [-0.3, -0.25) is 9.69 Å². The molecule has 2 rings (SSSR count). The van der Waals surface area contributed by atoms with E-state index in [4.69, 9.17) is 9.47 Å². The molecule has 1 fully saturated rings. The van der Waals surface area contributed by atoms with Gasteiger partial charge < -0.3 is 20.1 Å². The lowest BCUT2D eigenvalue weighted by Gasteiger charge is -2.31. The molecule has 1 unspecified atom stereocenters. The molecule has 1 amide bonds. The molecule has 1 heterocycles. The second-order valence-corrected chi connectivity index (χ2v) is 7.00. The molecule has 0 spiro atoms. The third kappa shape index (κ3) is 6.94. The lowest BCUT2D eigenvalue weighted by atomic mass is 10.1. The van der Waals surface area contributed by atoms with E-state index < -0.39 is 0 Å². The Hall–Kier alpha value is -1.63. The third-order valence-electron chi connectivity index (χ3n) is 4.85. The second kappa shape index (κ2) is 11.2. The summed E-state index contributed by atoms with van der Waals surface area (Å²) >= 11 is 0. The van der Waals surface area contributed by atoms with Gasteiger partial charge in [0.1, 0.15) is 12.4 Å². The first-order valence-corrected chi connectivity index (χ1v) is 9.52. The Morgan fingerprint density at radius 1 is 1.38 bits per heavy atom. The van der Waals surface area contributed by atoms with Crippen LogP contribution >= 0.6 is 0 Å². The highest BCUT2D eigenvalue weighted by Crippen LogP contribution is 2.15. The number of carbonyl (C=O) groups excluding carboxylic acids is 1. The van der Waals surface area contributed by atoms with Crippen molar-refractivity contribution in [1.82, 2.24) is 15.5 Å². The van der Waals surface area contributed by atoms with Gasteiger partial charge in [-0.2, -0.15) is 0 Å². The summed E-state index contributed by atoms with van der Waals surface area (Å²) in [6.07, 6.45) is 2.19. The van der Waals surface area contributed by atoms with Crippen LogP contribution in [0.25, 0.3) is 0 Å². The summed E-state index contributed by atoms with van der Waals surface area (Å²) in [5.74, 6) is 0.865. The zero-order valence-corrected chi connectivity index (χ0v) is 16.3. The average Bonchev–Trinajstić information content (AvgIpc) is 2.67. The second-order valence-electron chi connectivity index (χ2n) is 7.00. The van der Waals surface area contributed by atoms with Crippen molar-refractivity contribution in [3.8, 4) is 5.75 Å². The van der Waals surface area contributed by atoms with Gasteiger partial charge in [-0.15, -0.1) is 0 Å². The van der Waals surface area contributed by atoms with E-state index in [2.05, 4.69) is 22.6 Å². The quantitative estimate of drug-likeness (QED) is 0.662. The smallest absolute Gasteiger partial charge is 0.224 e. The monoisotopic (exact) mass is 363 g/mol. The maximum absolute atomic E-state index is 12.0. The van der Waals surface area contributed by atoms with E-state index in [0.29, 0.717) is 25.7 Å². The number of carbonyl (C=O) groups is 1. The molecule has 1 aliphatic heterocycles. The molecule has 0 radical (unpaired) electrons. The summed E-state index contributed by atoms with van der Waals surface area (Å²) in [6, 6.07) is 8.52. The zero-order chi connectivity index (χ0) is 18.8. The zero-order valence-electron chi connectivity index (χ0n) is 16.3. The summed E-state index contributed by atoms with van der Waals surface area (Å²) in [5, 5.41) is 5.99. The van der Waals surface area contributed by atoms with E-state index in [1.165, 1.54) is 0 Å². The van der Waals surface area contributed by atoms with E-state index in [1.54, 1.807) is 0 Å². The maximum atomic E-state index is 12.0. The van der Waals surface area contributed by atoms with Crippen LogP contribution in [0.4, 0.5) is 0 Å². The minimum absolute atomic E-state index is 0.0415. The van der Waals surface area contributed by atoms with Crippen molar-refractivity contribution in [2.75, 3.05) is 47.0 Å². The molecule has 26 heavy (non-hydrogen) atoms. The molecule has 6 nitrogen and oxygen atoms in total. The van der Waals surface area contributed by atoms with E-state index in [-0.39, 0.29) is 11.8 Å². The number of rotatable bonds is 10. The average molecular weight is 364 g/mol. The molecular weight excluding hydrogens is 330 g/mol. The van der Waals surface area contributed by atoms with Crippen molar-refractivity contribution in [3.05, 3.63) is 29.8 Å². The van der Waals surface area contributed by atoms with Gasteiger partial charge in [0.05, 0.1) is 0 Å². The minimum Gasteiger partial charge on any atom is -0.492 e. The Bertz CT molecular complexity index is 547. The molecule has 0 bridgehead atoms. The first kappa shape index (κ1) is 20.7. The molecule has 1 atom stereocenters. The molecule has 6 heteroatoms. The van der Waals surface area contributed by atoms with Crippen LogP contribution in [0.15, 0.2) is 24.3 Å². The standard InChI is InChI=1S/C20H33N3O3/c1-16(14-21-2)20(24)22-15-17-5-4-6-19(13-17)26-12-9-23(3)18-7-10-25-11-8-18/h4-6,13,16,18,21H,7-12,14-15H2,1-3H3,(H,22,24). The number of likely N-dealkylation sites (N-methyl/N-ethyl adjacent to an activating group) is 1. The van der Waals surface area contributed by atoms with Crippen molar-refractivity contribution < 1.29 is 14.3 Å². The maximum Gasteiger partial charge on any atom is 0.224 e. The number of ether oxygens (including phenoxy) is 2. The van der Waals surface area contributed by atoms with E-state index in [9.17, 15) is 4.79 Å². The Labute approximate surface area is 157 Å². The predicted molar refractivity (Wildman–Crippen MR) is 103 cm³/mol. The lowest BCUT2D eigenvalue weighted by Crippen LogP contribution is -2.38. The summed E-state index contributed by atoms with van der Waals surface area (Å²) in [5.41, 5.74) is 1.05. The van der Waals surface area contributed by atoms with Crippen LogP contribution in [-0.2, 0) is 16.1 Å². The van der Waals surface area contributed by atoms with Crippen LogP contribution in [-0.4, -0.2) is 63.9 Å². The first-order chi connectivity index (χ1) is 12.6. The molecule has 146 valence electrons. The van der Waals surface area contributed by atoms with Gasteiger partial charge in [0, 0.05) is 44.8 Å². The Kier molecular flexibility index (Phi) is 8.88. The van der Waals surface area contributed by atoms with Crippen LogP contribution in [0.1, 0.15) is 25.3 Å². The molecular formula is C20H33N3O3. The van der Waals surface area contributed by atoms with Crippen LogP contribution in [0.5, 0.6) is 5.75 Å².